The summed E-state index contributed by atoms with van der Waals surface area (Å²) in [6.45, 7) is 2.74. The molecule has 0 aromatic carbocycles. The van der Waals surface area contributed by atoms with Crippen molar-refractivity contribution in [1.29, 1.82) is 0 Å². The minimum absolute atomic E-state index is 0.456. The normalized spacial score (nSPS) is 43.6. The lowest BCUT2D eigenvalue weighted by Gasteiger charge is -2.41. The predicted octanol–water partition coefficient (Wildman–Crippen LogP) is 1.33. The molecule has 2 aliphatic carbocycles. The Morgan fingerprint density at radius 2 is 2.09 bits per heavy atom. The van der Waals surface area contributed by atoms with Crippen molar-refractivity contribution in [2.75, 3.05) is 6.61 Å². The van der Waals surface area contributed by atoms with E-state index in [-0.39, 0.29) is 0 Å². The molecular weight excluding hydrogens is 140 g/mol. The van der Waals surface area contributed by atoms with Crippen LogP contribution in [-0.4, -0.2) is 23.4 Å². The Bertz CT molecular complexity index is 146. The molecule has 2 heteroatoms. The predicted molar refractivity (Wildman–Crippen MR) is 42.3 cm³/mol. The van der Waals surface area contributed by atoms with E-state index in [4.69, 9.17) is 4.74 Å². The fourth-order valence-electron chi connectivity index (χ4n) is 1.86. The van der Waals surface area contributed by atoms with Gasteiger partial charge >= 0.3 is 0 Å². The lowest BCUT2D eigenvalue weighted by atomic mass is 9.72. The summed E-state index contributed by atoms with van der Waals surface area (Å²) in [7, 11) is 0. The van der Waals surface area contributed by atoms with Crippen molar-refractivity contribution >= 4 is 0 Å². The largest absolute Gasteiger partial charge is 0.387 e. The monoisotopic (exact) mass is 156 g/mol. The molecule has 0 aromatic rings. The Kier molecular flexibility index (Phi) is 1.69. The fraction of sp³-hybridized carbons (Fsp3) is 1.00. The molecule has 2 rings (SSSR count). The number of hydrogen-bond acceptors (Lipinski definition) is 2. The minimum Gasteiger partial charge on any atom is -0.387 e. The first-order valence-electron chi connectivity index (χ1n) is 4.52. The molecule has 0 saturated heterocycles. The van der Waals surface area contributed by atoms with Crippen molar-refractivity contribution in [2.24, 2.45) is 5.92 Å². The smallest absolute Gasteiger partial charge is 0.0885 e. The molecule has 0 heterocycles. The zero-order valence-corrected chi connectivity index (χ0v) is 7.05. The van der Waals surface area contributed by atoms with Crippen LogP contribution in [0.1, 0.15) is 32.6 Å². The maximum Gasteiger partial charge on any atom is 0.0885 e. The second-order valence-corrected chi connectivity index (χ2v) is 4.25. The van der Waals surface area contributed by atoms with E-state index in [1.807, 2.05) is 0 Å². The van der Waals surface area contributed by atoms with E-state index in [0.717, 1.165) is 12.8 Å². The second-order valence-electron chi connectivity index (χ2n) is 4.25. The third-order valence-electron chi connectivity index (χ3n) is 2.57. The van der Waals surface area contributed by atoms with Gasteiger partial charge in [-0.3, -0.25) is 0 Å². The molecule has 0 atom stereocenters. The van der Waals surface area contributed by atoms with Gasteiger partial charge in [-0.25, -0.2) is 0 Å². The van der Waals surface area contributed by atoms with Crippen LogP contribution in [0.3, 0.4) is 0 Å². The number of ether oxygens (including phenoxy) is 1. The first-order valence-corrected chi connectivity index (χ1v) is 4.52. The van der Waals surface area contributed by atoms with Gasteiger partial charge < -0.3 is 9.84 Å². The summed E-state index contributed by atoms with van der Waals surface area (Å²) in [6.07, 6.45) is 4.74. The van der Waals surface area contributed by atoms with Crippen molar-refractivity contribution < 1.29 is 9.84 Å². The second kappa shape index (κ2) is 2.46. The lowest BCUT2D eigenvalue weighted by Crippen LogP contribution is -2.46. The Morgan fingerprint density at radius 1 is 1.45 bits per heavy atom. The molecule has 0 bridgehead atoms. The Morgan fingerprint density at radius 3 is 2.55 bits per heavy atom. The molecular formula is C9H16O2. The molecule has 64 valence electrons. The van der Waals surface area contributed by atoms with Gasteiger partial charge in [-0.05, 0) is 31.6 Å². The molecule has 1 N–H and O–H groups in total. The summed E-state index contributed by atoms with van der Waals surface area (Å²) in [6, 6.07) is 0. The van der Waals surface area contributed by atoms with Crippen LogP contribution in [0.2, 0.25) is 0 Å². The molecule has 2 saturated carbocycles. The fourth-order valence-corrected chi connectivity index (χ4v) is 1.86. The van der Waals surface area contributed by atoms with Crippen LogP contribution in [0.4, 0.5) is 0 Å². The SMILES string of the molecule is CC1CC(O)(COC2CC2)C1. The summed E-state index contributed by atoms with van der Waals surface area (Å²) < 4.78 is 5.46. The summed E-state index contributed by atoms with van der Waals surface area (Å²) in [5.41, 5.74) is -0.456. The number of aliphatic hydroxyl groups is 1. The quantitative estimate of drug-likeness (QED) is 0.668. The van der Waals surface area contributed by atoms with Crippen molar-refractivity contribution in [3.8, 4) is 0 Å². The molecule has 0 aromatic heterocycles. The first-order chi connectivity index (χ1) is 5.18. The number of rotatable bonds is 3. The van der Waals surface area contributed by atoms with Gasteiger partial charge in [-0.2, -0.15) is 0 Å². The van der Waals surface area contributed by atoms with E-state index in [0.29, 0.717) is 18.6 Å². The van der Waals surface area contributed by atoms with Gasteiger partial charge in [0.1, 0.15) is 0 Å². The molecule has 0 amide bonds. The summed E-state index contributed by atoms with van der Waals surface area (Å²) >= 11 is 0. The first kappa shape index (κ1) is 7.56. The summed E-state index contributed by atoms with van der Waals surface area (Å²) in [5, 5.41) is 9.73. The molecule has 0 radical (unpaired) electrons. The average molecular weight is 156 g/mol. The van der Waals surface area contributed by atoms with E-state index >= 15 is 0 Å². The molecule has 2 nitrogen and oxygen atoms in total. The molecule has 0 unspecified atom stereocenters. The zero-order valence-electron chi connectivity index (χ0n) is 7.05. The van der Waals surface area contributed by atoms with E-state index in [9.17, 15) is 5.11 Å². The third kappa shape index (κ3) is 1.74. The Labute approximate surface area is 67.6 Å². The third-order valence-corrected chi connectivity index (χ3v) is 2.57. The van der Waals surface area contributed by atoms with Crippen molar-refractivity contribution in [1.82, 2.24) is 0 Å². The zero-order chi connectivity index (χ0) is 7.90. The van der Waals surface area contributed by atoms with Crippen molar-refractivity contribution in [2.45, 2.75) is 44.3 Å². The van der Waals surface area contributed by atoms with Gasteiger partial charge in [0.25, 0.3) is 0 Å². The lowest BCUT2D eigenvalue weighted by molar-refractivity contribution is -0.123. The highest BCUT2D eigenvalue weighted by Crippen LogP contribution is 2.38. The Balaban J connectivity index is 1.68. The van der Waals surface area contributed by atoms with Crippen molar-refractivity contribution in [3.05, 3.63) is 0 Å². The minimum atomic E-state index is -0.456. The molecule has 11 heavy (non-hydrogen) atoms. The van der Waals surface area contributed by atoms with E-state index in [1.54, 1.807) is 0 Å². The molecule has 0 aliphatic heterocycles. The van der Waals surface area contributed by atoms with Crippen LogP contribution in [0.25, 0.3) is 0 Å². The topological polar surface area (TPSA) is 29.5 Å². The highest BCUT2D eigenvalue weighted by atomic mass is 16.5. The molecule has 2 aliphatic rings. The molecule has 0 spiro atoms. The highest BCUT2D eigenvalue weighted by Gasteiger charge is 2.41. The molecule has 2 fully saturated rings. The van der Waals surface area contributed by atoms with Gasteiger partial charge in [-0.15, -0.1) is 0 Å². The average Bonchev–Trinajstić information content (AvgIpc) is 2.62. The highest BCUT2D eigenvalue weighted by molar-refractivity contribution is 4.92. The van der Waals surface area contributed by atoms with Gasteiger partial charge in [-0.1, -0.05) is 6.92 Å². The van der Waals surface area contributed by atoms with Gasteiger partial charge in [0, 0.05) is 0 Å². The van der Waals surface area contributed by atoms with Crippen LogP contribution in [-0.2, 0) is 4.74 Å². The summed E-state index contributed by atoms with van der Waals surface area (Å²) in [5.74, 6) is 0.697. The van der Waals surface area contributed by atoms with Crippen LogP contribution in [0, 0.1) is 5.92 Å². The van der Waals surface area contributed by atoms with Crippen LogP contribution in [0.15, 0.2) is 0 Å². The van der Waals surface area contributed by atoms with E-state index in [2.05, 4.69) is 6.92 Å². The summed E-state index contributed by atoms with van der Waals surface area (Å²) in [4.78, 5) is 0. The van der Waals surface area contributed by atoms with Crippen LogP contribution >= 0.6 is 0 Å². The van der Waals surface area contributed by atoms with Gasteiger partial charge in [0.05, 0.1) is 18.3 Å². The van der Waals surface area contributed by atoms with Crippen LogP contribution in [0.5, 0.6) is 0 Å². The standard InChI is InChI=1S/C9H16O2/c1-7-4-9(10,5-7)6-11-8-2-3-8/h7-8,10H,2-6H2,1H3. The number of hydrogen-bond donors (Lipinski definition) is 1. The van der Waals surface area contributed by atoms with E-state index < -0.39 is 5.60 Å². The van der Waals surface area contributed by atoms with Crippen molar-refractivity contribution in [3.63, 3.8) is 0 Å². The van der Waals surface area contributed by atoms with Crippen LogP contribution < -0.4 is 0 Å². The van der Waals surface area contributed by atoms with Gasteiger partial charge in [0.2, 0.25) is 0 Å². The van der Waals surface area contributed by atoms with Gasteiger partial charge in [0.15, 0.2) is 0 Å². The Hall–Kier alpha value is -0.0800. The maximum atomic E-state index is 9.73. The maximum absolute atomic E-state index is 9.73. The van der Waals surface area contributed by atoms with E-state index in [1.165, 1.54) is 12.8 Å².